The Morgan fingerprint density at radius 2 is 1.77 bits per heavy atom. The molecule has 1 fully saturated rings. The molecule has 1 N–H and O–H groups in total. The number of aliphatic hydroxyl groups excluding tert-OH is 1. The van der Waals surface area contributed by atoms with Gasteiger partial charge in [-0.1, -0.05) is 31.2 Å². The molecular formula is C28H24FNO5. The topological polar surface area (TPSA) is 83.9 Å². The van der Waals surface area contributed by atoms with Crippen molar-refractivity contribution in [2.24, 2.45) is 0 Å². The lowest BCUT2D eigenvalue weighted by atomic mass is 9.94. The number of hydrogen-bond donors (Lipinski definition) is 1. The van der Waals surface area contributed by atoms with Crippen molar-refractivity contribution in [3.63, 3.8) is 0 Å². The molecule has 0 aliphatic carbocycles. The van der Waals surface area contributed by atoms with Gasteiger partial charge in [0.2, 0.25) is 0 Å². The number of halogens is 1. The minimum Gasteiger partial charge on any atom is -0.507 e. The largest absolute Gasteiger partial charge is 0.507 e. The summed E-state index contributed by atoms with van der Waals surface area (Å²) in [7, 11) is 0. The summed E-state index contributed by atoms with van der Waals surface area (Å²) in [5.74, 6) is -2.83. The van der Waals surface area contributed by atoms with Crippen LogP contribution in [-0.2, 0) is 20.8 Å². The Bertz CT molecular complexity index is 1360. The molecule has 1 aliphatic heterocycles. The van der Waals surface area contributed by atoms with E-state index in [2.05, 4.69) is 0 Å². The summed E-state index contributed by atoms with van der Waals surface area (Å²) in [6.45, 7) is 4.82. The smallest absolute Gasteiger partial charge is 0.308 e. The van der Waals surface area contributed by atoms with Gasteiger partial charge in [0.1, 0.15) is 17.3 Å². The van der Waals surface area contributed by atoms with Gasteiger partial charge in [0, 0.05) is 18.2 Å². The number of anilines is 1. The summed E-state index contributed by atoms with van der Waals surface area (Å²) in [4.78, 5) is 39.3. The average Bonchev–Trinajstić information content (AvgIpc) is 3.10. The molecule has 1 atom stereocenters. The minimum absolute atomic E-state index is 0.138. The summed E-state index contributed by atoms with van der Waals surface area (Å²) >= 11 is 0. The Morgan fingerprint density at radius 1 is 1.06 bits per heavy atom. The lowest BCUT2D eigenvalue weighted by Gasteiger charge is -2.26. The summed E-state index contributed by atoms with van der Waals surface area (Å²) in [5.41, 5.74) is 2.35. The number of rotatable bonds is 5. The number of carbonyl (C=O) groups is 3. The molecule has 0 bridgehead atoms. The van der Waals surface area contributed by atoms with E-state index in [-0.39, 0.29) is 22.4 Å². The van der Waals surface area contributed by atoms with Crippen LogP contribution in [0.5, 0.6) is 5.75 Å². The Hall–Kier alpha value is -4.26. The number of aryl methyl sites for hydroxylation is 2. The van der Waals surface area contributed by atoms with Crippen molar-refractivity contribution in [3.05, 3.63) is 100 Å². The van der Waals surface area contributed by atoms with E-state index in [0.717, 1.165) is 12.0 Å². The highest BCUT2D eigenvalue weighted by Crippen LogP contribution is 2.43. The van der Waals surface area contributed by atoms with Crippen LogP contribution in [0.15, 0.2) is 72.3 Å². The molecule has 7 heteroatoms. The SMILES string of the molecule is CCc1ccc(N2C(=O)C(=O)/C(=C(\O)c3ccc(F)c(C)c3)C2c2cccc(OC(C)=O)c2)cc1. The number of Topliss-reactive ketones (excluding diaryl/α,β-unsaturated/α-hetero) is 1. The molecule has 1 saturated heterocycles. The monoisotopic (exact) mass is 473 g/mol. The zero-order chi connectivity index (χ0) is 25.3. The van der Waals surface area contributed by atoms with Crippen molar-refractivity contribution in [1.82, 2.24) is 0 Å². The van der Waals surface area contributed by atoms with E-state index in [1.165, 1.54) is 30.0 Å². The number of benzene rings is 3. The summed E-state index contributed by atoms with van der Waals surface area (Å²) in [6, 6.07) is 16.6. The zero-order valence-electron chi connectivity index (χ0n) is 19.5. The Kier molecular flexibility index (Phi) is 6.51. The van der Waals surface area contributed by atoms with Gasteiger partial charge in [0.05, 0.1) is 11.6 Å². The fourth-order valence-corrected chi connectivity index (χ4v) is 4.17. The maximum Gasteiger partial charge on any atom is 0.308 e. The third kappa shape index (κ3) is 4.57. The Morgan fingerprint density at radius 3 is 2.40 bits per heavy atom. The molecule has 35 heavy (non-hydrogen) atoms. The van der Waals surface area contributed by atoms with Gasteiger partial charge in [-0.2, -0.15) is 0 Å². The number of ketones is 1. The van der Waals surface area contributed by atoms with Gasteiger partial charge in [0.15, 0.2) is 0 Å². The maximum absolute atomic E-state index is 13.8. The highest BCUT2D eigenvalue weighted by atomic mass is 19.1. The first kappa shape index (κ1) is 23.9. The number of ether oxygens (including phenoxy) is 1. The van der Waals surface area contributed by atoms with Gasteiger partial charge in [-0.3, -0.25) is 19.3 Å². The van der Waals surface area contributed by atoms with Gasteiger partial charge >= 0.3 is 5.97 Å². The highest BCUT2D eigenvalue weighted by molar-refractivity contribution is 6.51. The zero-order valence-corrected chi connectivity index (χ0v) is 19.5. The second-order valence-electron chi connectivity index (χ2n) is 8.32. The van der Waals surface area contributed by atoms with E-state index in [1.54, 1.807) is 43.3 Å². The second kappa shape index (κ2) is 9.54. The second-order valence-corrected chi connectivity index (χ2v) is 8.32. The Balaban J connectivity index is 1.93. The number of amides is 1. The highest BCUT2D eigenvalue weighted by Gasteiger charge is 2.47. The molecule has 0 aromatic heterocycles. The van der Waals surface area contributed by atoms with Crippen LogP contribution in [0.3, 0.4) is 0 Å². The van der Waals surface area contributed by atoms with Gasteiger partial charge in [-0.15, -0.1) is 0 Å². The lowest BCUT2D eigenvalue weighted by Crippen LogP contribution is -2.29. The summed E-state index contributed by atoms with van der Waals surface area (Å²) < 4.78 is 19.0. The molecule has 1 amide bonds. The fraction of sp³-hybridized carbons (Fsp3) is 0.179. The van der Waals surface area contributed by atoms with Crippen LogP contribution < -0.4 is 9.64 Å². The third-order valence-electron chi connectivity index (χ3n) is 5.93. The molecule has 4 rings (SSSR count). The van der Waals surface area contributed by atoms with Gasteiger partial charge in [-0.25, -0.2) is 4.39 Å². The standard InChI is InChI=1S/C28H24FNO5/c1-4-18-8-11-21(12-9-18)30-25(19-6-5-7-22(15-19)35-17(3)31)24(27(33)28(30)34)26(32)20-10-13-23(29)16(2)14-20/h5-15,25,32H,4H2,1-3H3/b26-24-. The fourth-order valence-electron chi connectivity index (χ4n) is 4.17. The van der Waals surface area contributed by atoms with Gasteiger partial charge in [-0.05, 0) is 72.5 Å². The van der Waals surface area contributed by atoms with E-state index in [9.17, 15) is 23.9 Å². The van der Waals surface area contributed by atoms with Crippen LogP contribution >= 0.6 is 0 Å². The number of hydrogen-bond acceptors (Lipinski definition) is 5. The first-order chi connectivity index (χ1) is 16.7. The Labute approximate surface area is 202 Å². The summed E-state index contributed by atoms with van der Waals surface area (Å²) in [6.07, 6.45) is 0.802. The molecule has 0 spiro atoms. The van der Waals surface area contributed by atoms with Crippen LogP contribution in [0.4, 0.5) is 10.1 Å². The van der Waals surface area contributed by atoms with E-state index in [4.69, 9.17) is 4.74 Å². The van der Waals surface area contributed by atoms with Crippen molar-refractivity contribution >= 4 is 29.1 Å². The predicted molar refractivity (Wildman–Crippen MR) is 129 cm³/mol. The molecule has 0 saturated carbocycles. The first-order valence-corrected chi connectivity index (χ1v) is 11.2. The van der Waals surface area contributed by atoms with Crippen LogP contribution in [0.2, 0.25) is 0 Å². The molecule has 3 aromatic rings. The number of nitrogens with zero attached hydrogens (tertiary/aromatic N) is 1. The minimum atomic E-state index is -0.997. The van der Waals surface area contributed by atoms with Crippen LogP contribution in [-0.4, -0.2) is 22.8 Å². The van der Waals surface area contributed by atoms with Crippen LogP contribution in [0, 0.1) is 12.7 Å². The van der Waals surface area contributed by atoms with Gasteiger partial charge in [0.25, 0.3) is 11.7 Å². The lowest BCUT2D eigenvalue weighted by molar-refractivity contribution is -0.132. The van der Waals surface area contributed by atoms with Crippen molar-refractivity contribution in [2.75, 3.05) is 4.90 Å². The van der Waals surface area contributed by atoms with Crippen molar-refractivity contribution < 1.29 is 28.6 Å². The molecule has 1 aliphatic rings. The molecule has 178 valence electrons. The maximum atomic E-state index is 13.8. The molecule has 3 aromatic carbocycles. The summed E-state index contributed by atoms with van der Waals surface area (Å²) in [5, 5.41) is 11.2. The van der Waals surface area contributed by atoms with Gasteiger partial charge < -0.3 is 9.84 Å². The molecule has 1 heterocycles. The number of carbonyl (C=O) groups excluding carboxylic acids is 3. The van der Waals surface area contributed by atoms with E-state index in [0.29, 0.717) is 11.3 Å². The van der Waals surface area contributed by atoms with E-state index < -0.39 is 35.3 Å². The number of esters is 1. The molecule has 6 nitrogen and oxygen atoms in total. The first-order valence-electron chi connectivity index (χ1n) is 11.2. The molecule has 1 unspecified atom stereocenters. The number of aliphatic hydroxyl groups is 1. The molecular weight excluding hydrogens is 449 g/mol. The van der Waals surface area contributed by atoms with Crippen molar-refractivity contribution in [2.45, 2.75) is 33.2 Å². The third-order valence-corrected chi connectivity index (χ3v) is 5.93. The van der Waals surface area contributed by atoms with Crippen molar-refractivity contribution in [3.8, 4) is 5.75 Å². The average molecular weight is 474 g/mol. The normalized spacial score (nSPS) is 17.0. The molecule has 0 radical (unpaired) electrons. The quantitative estimate of drug-likeness (QED) is 0.180. The van der Waals surface area contributed by atoms with Crippen LogP contribution in [0.1, 0.15) is 42.1 Å². The predicted octanol–water partition coefficient (Wildman–Crippen LogP) is 5.25. The van der Waals surface area contributed by atoms with Crippen molar-refractivity contribution in [1.29, 1.82) is 0 Å². The van der Waals surface area contributed by atoms with E-state index >= 15 is 0 Å². The van der Waals surface area contributed by atoms with E-state index in [1.807, 2.05) is 19.1 Å². The van der Waals surface area contributed by atoms with Crippen LogP contribution in [0.25, 0.3) is 5.76 Å².